The number of H-pyrrole nitrogens is 4. The van der Waals surface area contributed by atoms with Gasteiger partial charge in [-0.05, 0) is 146 Å². The van der Waals surface area contributed by atoms with Crippen molar-refractivity contribution < 1.29 is 35.0 Å². The first-order valence-corrected chi connectivity index (χ1v) is 15.7. The Morgan fingerprint density at radius 2 is 0.440 bits per heavy atom. The molecule has 0 spiro atoms. The Morgan fingerprint density at radius 1 is 0.260 bits per heavy atom. The summed E-state index contributed by atoms with van der Waals surface area (Å²) < 4.78 is 0. The van der Waals surface area contributed by atoms with Crippen molar-refractivity contribution in [2.75, 3.05) is 0 Å². The number of nitrogens with zero attached hydrogens (tertiary/aromatic N) is 4. The van der Waals surface area contributed by atoms with Crippen molar-refractivity contribution in [2.24, 2.45) is 0 Å². The molecule has 6 aromatic heterocycles. The van der Waals surface area contributed by atoms with Crippen molar-refractivity contribution in [1.82, 2.24) is 39.9 Å². The molecule has 0 unspecified atom stereocenters. The van der Waals surface area contributed by atoms with Crippen molar-refractivity contribution in [1.29, 1.82) is 0 Å². The Morgan fingerprint density at radius 3 is 0.660 bits per heavy atom. The average Bonchev–Trinajstić information content (AvgIpc) is 3.91. The van der Waals surface area contributed by atoms with E-state index in [2.05, 4.69) is 101 Å². The summed E-state index contributed by atoms with van der Waals surface area (Å²) in [4.78, 5) is 32.0. The molecule has 10 rings (SSSR count). The Bertz CT molecular complexity index is 2340. The van der Waals surface area contributed by atoms with Gasteiger partial charge in [-0.25, -0.2) is 19.9 Å². The van der Waals surface area contributed by atoms with Crippen LogP contribution in [0.25, 0.3) is 92.7 Å². The molecule has 0 saturated heterocycles. The van der Waals surface area contributed by atoms with Crippen LogP contribution in [0.2, 0.25) is 0 Å². The monoisotopic (exact) mass is 729 g/mol. The second-order valence-corrected chi connectivity index (χ2v) is 11.8. The zero-order chi connectivity index (χ0) is 31.9. The first kappa shape index (κ1) is 32.8. The first-order chi connectivity index (χ1) is 23.6. The van der Waals surface area contributed by atoms with Crippen molar-refractivity contribution in [3.63, 3.8) is 0 Å². The second-order valence-electron chi connectivity index (χ2n) is 11.8. The number of nitrogens with one attached hydrogen (secondary N) is 4. The maximum Gasteiger partial charge on any atom is 0.0659 e. The van der Waals surface area contributed by atoms with E-state index in [1.165, 1.54) is 0 Å². The van der Waals surface area contributed by atoms with Crippen LogP contribution in [0.1, 0.15) is 45.6 Å². The molecule has 0 amide bonds. The Labute approximate surface area is 308 Å². The number of fused-ring (bicyclic) bond motifs is 16. The van der Waals surface area contributed by atoms with Gasteiger partial charge in [-0.1, -0.05) is 0 Å². The molecule has 0 aromatic carbocycles. The third-order valence-corrected chi connectivity index (χ3v) is 8.08. The molecule has 6 aromatic rings. The minimum atomic E-state index is 0. The number of hydrogen-bond acceptors (Lipinski definition) is 4. The summed E-state index contributed by atoms with van der Waals surface area (Å²) in [6.45, 7) is 0. The third kappa shape index (κ3) is 7.46. The van der Waals surface area contributed by atoms with Gasteiger partial charge in [-0.15, -0.1) is 0 Å². The Kier molecular flexibility index (Phi) is 9.20. The van der Waals surface area contributed by atoms with Gasteiger partial charge >= 0.3 is 0 Å². The average molecular weight is 730 g/mol. The summed E-state index contributed by atoms with van der Waals surface area (Å²) in [5, 5.41) is 0. The fourth-order valence-electron chi connectivity index (χ4n) is 5.89. The van der Waals surface area contributed by atoms with Gasteiger partial charge in [0.2, 0.25) is 0 Å². The number of aromatic nitrogens is 8. The number of hydrogen-bond donors (Lipinski definition) is 4. The van der Waals surface area contributed by atoms with Gasteiger partial charge in [-0.2, -0.15) is 0 Å². The van der Waals surface area contributed by atoms with Crippen molar-refractivity contribution in [3.05, 3.63) is 143 Å². The van der Waals surface area contributed by atoms with Crippen LogP contribution < -0.4 is 0 Å². The van der Waals surface area contributed by atoms with Crippen LogP contribution in [0.15, 0.2) is 97.1 Å². The standard InChI is InChI=1S/2C20H14N4.Ni.V/c2*1-2-14-10-16-5-6-18(23-16)12-20-8-7-19(24-20)11-17-4-3-15(22-17)9-13(1)21-14;;/h2*1-12,21-22H;;. The molecule has 243 valence electrons. The fraction of sp³-hybridized carbons (Fsp3) is 0. The molecule has 1 radical (unpaired) electrons. The van der Waals surface area contributed by atoms with E-state index in [1.54, 1.807) is 0 Å². The summed E-state index contributed by atoms with van der Waals surface area (Å²) in [7, 11) is 0. The van der Waals surface area contributed by atoms with Gasteiger partial charge in [0.25, 0.3) is 0 Å². The van der Waals surface area contributed by atoms with Crippen LogP contribution in [0.3, 0.4) is 0 Å². The molecule has 16 bridgehead atoms. The molecule has 4 aliphatic heterocycles. The van der Waals surface area contributed by atoms with Crippen LogP contribution in [-0.2, 0) is 35.0 Å². The van der Waals surface area contributed by atoms with E-state index in [0.29, 0.717) is 0 Å². The predicted molar refractivity (Wildman–Crippen MR) is 198 cm³/mol. The fourth-order valence-corrected chi connectivity index (χ4v) is 5.89. The summed E-state index contributed by atoms with van der Waals surface area (Å²) in [6, 6.07) is 32.8. The van der Waals surface area contributed by atoms with Crippen LogP contribution in [0.5, 0.6) is 0 Å². The van der Waals surface area contributed by atoms with Gasteiger partial charge in [0.05, 0.1) is 45.6 Å². The summed E-state index contributed by atoms with van der Waals surface area (Å²) in [5.41, 5.74) is 15.7. The van der Waals surface area contributed by atoms with E-state index < -0.39 is 0 Å². The molecule has 0 fully saturated rings. The zero-order valence-corrected chi connectivity index (χ0v) is 28.8. The minimum Gasteiger partial charge on any atom is -0.355 e. The van der Waals surface area contributed by atoms with Crippen molar-refractivity contribution >= 4 is 92.7 Å². The summed E-state index contributed by atoms with van der Waals surface area (Å²) in [6.07, 6.45) is 16.1. The maximum absolute atomic E-state index is 4.62. The molecular formula is C40H28N8NiV. The van der Waals surface area contributed by atoms with Gasteiger partial charge in [0, 0.05) is 79.2 Å². The van der Waals surface area contributed by atoms with Gasteiger partial charge < -0.3 is 19.9 Å². The van der Waals surface area contributed by atoms with Crippen LogP contribution in [0, 0.1) is 0 Å². The molecule has 10 heterocycles. The van der Waals surface area contributed by atoms with Gasteiger partial charge in [0.15, 0.2) is 0 Å². The molecular weight excluding hydrogens is 702 g/mol. The first-order valence-electron chi connectivity index (χ1n) is 15.7. The molecule has 0 atom stereocenters. The van der Waals surface area contributed by atoms with Gasteiger partial charge in [0.1, 0.15) is 0 Å². The minimum absolute atomic E-state index is 0. The van der Waals surface area contributed by atoms with E-state index in [9.17, 15) is 0 Å². The molecule has 0 saturated carbocycles. The van der Waals surface area contributed by atoms with Crippen LogP contribution in [-0.4, -0.2) is 39.9 Å². The van der Waals surface area contributed by atoms with Gasteiger partial charge in [-0.3, -0.25) is 0 Å². The normalized spacial score (nSPS) is 12.2. The van der Waals surface area contributed by atoms with Crippen molar-refractivity contribution in [3.8, 4) is 0 Å². The smallest absolute Gasteiger partial charge is 0.0659 e. The van der Waals surface area contributed by atoms with E-state index >= 15 is 0 Å². The van der Waals surface area contributed by atoms with E-state index in [0.717, 1.165) is 89.7 Å². The Balaban J connectivity index is 0.000000151. The van der Waals surface area contributed by atoms with Crippen molar-refractivity contribution in [2.45, 2.75) is 0 Å². The molecule has 4 aliphatic rings. The summed E-state index contributed by atoms with van der Waals surface area (Å²) >= 11 is 0. The van der Waals surface area contributed by atoms with E-state index in [-0.39, 0.29) is 35.0 Å². The maximum atomic E-state index is 4.62. The molecule has 50 heavy (non-hydrogen) atoms. The van der Waals surface area contributed by atoms with E-state index in [1.807, 2.05) is 85.0 Å². The molecule has 8 nitrogen and oxygen atoms in total. The summed E-state index contributed by atoms with van der Waals surface area (Å²) in [5.74, 6) is 0. The topological polar surface area (TPSA) is 115 Å². The number of rotatable bonds is 0. The zero-order valence-electron chi connectivity index (χ0n) is 26.4. The quantitative estimate of drug-likeness (QED) is 0.117. The van der Waals surface area contributed by atoms with Crippen LogP contribution in [0.4, 0.5) is 0 Å². The van der Waals surface area contributed by atoms with E-state index in [4.69, 9.17) is 0 Å². The molecule has 10 heteroatoms. The second kappa shape index (κ2) is 14.0. The predicted octanol–water partition coefficient (Wildman–Crippen LogP) is 9.31. The SMILES string of the molecule is C1=Cc2cc3ccc(cc4ccc(cc5nc(cc1n2)C=C5)[nH]4)[nH]3.C1=Cc2cc3ccc(cc4ccc(cc5nc(cc1n2)C=C5)[nH]4)[nH]3.[Ni].[V]. The molecule has 4 N–H and O–H groups in total. The van der Waals surface area contributed by atoms with Crippen LogP contribution >= 0.6 is 0 Å². The largest absolute Gasteiger partial charge is 0.355 e. The molecule has 0 aliphatic carbocycles. The number of aromatic amines is 4. The Hall–Kier alpha value is -5.72. The third-order valence-electron chi connectivity index (χ3n) is 8.08.